The minimum Gasteiger partial charge on any atom is -0.380 e. The molecule has 0 saturated heterocycles. The zero-order chi connectivity index (χ0) is 13.8. The summed E-state index contributed by atoms with van der Waals surface area (Å²) in [4.78, 5) is 0. The molecule has 0 bridgehead atoms. The Balaban J connectivity index is 2.22. The molecule has 0 aliphatic carbocycles. The van der Waals surface area contributed by atoms with Gasteiger partial charge in [0.1, 0.15) is 17.7 Å². The summed E-state index contributed by atoms with van der Waals surface area (Å²) in [7, 11) is 0. The molecule has 0 aliphatic rings. The normalized spacial score (nSPS) is 10.0. The van der Waals surface area contributed by atoms with E-state index in [1.165, 1.54) is 12.1 Å². The molecular weight excluding hydrogens is 246 g/mol. The minimum atomic E-state index is -0.602. The molecule has 0 saturated carbocycles. The highest BCUT2D eigenvalue weighted by Gasteiger charge is 2.07. The van der Waals surface area contributed by atoms with E-state index >= 15 is 0 Å². The number of benzene rings is 2. The zero-order valence-corrected chi connectivity index (χ0v) is 10.4. The molecule has 4 heteroatoms. The van der Waals surface area contributed by atoms with Crippen molar-refractivity contribution in [2.75, 3.05) is 5.32 Å². The maximum atomic E-state index is 13.5. The Kier molecular flexibility index (Phi) is 3.76. The molecule has 2 nitrogen and oxygen atoms in total. The molecule has 0 heterocycles. The molecule has 0 amide bonds. The molecule has 0 spiro atoms. The molecule has 2 aromatic rings. The average Bonchev–Trinajstić information content (AvgIpc) is 2.39. The van der Waals surface area contributed by atoms with E-state index in [1.807, 2.05) is 13.0 Å². The van der Waals surface area contributed by atoms with Crippen LogP contribution >= 0.6 is 0 Å². The van der Waals surface area contributed by atoms with Gasteiger partial charge < -0.3 is 5.32 Å². The summed E-state index contributed by atoms with van der Waals surface area (Å²) < 4.78 is 26.3. The van der Waals surface area contributed by atoms with Crippen LogP contribution in [-0.4, -0.2) is 0 Å². The first-order chi connectivity index (χ1) is 9.11. The molecule has 96 valence electrons. The second kappa shape index (κ2) is 5.49. The highest BCUT2D eigenvalue weighted by atomic mass is 19.1. The van der Waals surface area contributed by atoms with Crippen molar-refractivity contribution in [1.29, 1.82) is 5.26 Å². The SMILES string of the molecule is Cc1cccc(C#N)c1NCc1ccc(F)cc1F. The maximum absolute atomic E-state index is 13.5. The lowest BCUT2D eigenvalue weighted by molar-refractivity contribution is 0.574. The predicted octanol–water partition coefficient (Wildman–Crippen LogP) is 3.76. The lowest BCUT2D eigenvalue weighted by Gasteiger charge is -2.11. The highest BCUT2D eigenvalue weighted by Crippen LogP contribution is 2.21. The van der Waals surface area contributed by atoms with Crippen LogP contribution in [0.1, 0.15) is 16.7 Å². The molecule has 0 aromatic heterocycles. The van der Waals surface area contributed by atoms with E-state index in [-0.39, 0.29) is 6.54 Å². The smallest absolute Gasteiger partial charge is 0.131 e. The Labute approximate surface area is 110 Å². The number of anilines is 1. The Morgan fingerprint density at radius 2 is 2.00 bits per heavy atom. The molecule has 1 N–H and O–H groups in total. The van der Waals surface area contributed by atoms with Crippen molar-refractivity contribution in [2.45, 2.75) is 13.5 Å². The number of nitriles is 1. The first-order valence-corrected chi connectivity index (χ1v) is 5.79. The lowest BCUT2D eigenvalue weighted by Crippen LogP contribution is -2.05. The molecule has 0 unspecified atom stereocenters. The molecule has 2 rings (SSSR count). The van der Waals surface area contributed by atoms with Gasteiger partial charge in [0, 0.05) is 18.2 Å². The van der Waals surface area contributed by atoms with Gasteiger partial charge in [-0.1, -0.05) is 18.2 Å². The number of hydrogen-bond acceptors (Lipinski definition) is 2. The fourth-order valence-corrected chi connectivity index (χ4v) is 1.84. The number of hydrogen-bond donors (Lipinski definition) is 1. The fraction of sp³-hybridized carbons (Fsp3) is 0.133. The highest BCUT2D eigenvalue weighted by molar-refractivity contribution is 5.62. The molecule has 0 radical (unpaired) electrons. The number of para-hydroxylation sites is 1. The van der Waals surface area contributed by atoms with Crippen LogP contribution in [-0.2, 0) is 6.54 Å². The van der Waals surface area contributed by atoms with Gasteiger partial charge in [-0.2, -0.15) is 5.26 Å². The second-order valence-corrected chi connectivity index (χ2v) is 4.20. The van der Waals surface area contributed by atoms with Crippen LogP contribution in [0.3, 0.4) is 0 Å². The molecule has 0 fully saturated rings. The maximum Gasteiger partial charge on any atom is 0.131 e. The molecule has 19 heavy (non-hydrogen) atoms. The summed E-state index contributed by atoms with van der Waals surface area (Å²) in [5.74, 6) is -1.20. The van der Waals surface area contributed by atoms with Crippen LogP contribution in [0.25, 0.3) is 0 Å². The van der Waals surface area contributed by atoms with Crippen molar-refractivity contribution in [3.8, 4) is 6.07 Å². The molecule has 2 aromatic carbocycles. The number of halogens is 2. The van der Waals surface area contributed by atoms with Crippen molar-refractivity contribution in [1.82, 2.24) is 0 Å². The number of nitrogens with one attached hydrogen (secondary N) is 1. The standard InChI is InChI=1S/C15H12F2N2/c1-10-3-2-4-11(8-18)15(10)19-9-12-5-6-13(16)7-14(12)17/h2-7,19H,9H2,1H3. The van der Waals surface area contributed by atoms with Gasteiger partial charge in [0.25, 0.3) is 0 Å². The van der Waals surface area contributed by atoms with Gasteiger partial charge in [-0.25, -0.2) is 8.78 Å². The largest absolute Gasteiger partial charge is 0.380 e. The number of aryl methyl sites for hydroxylation is 1. The van der Waals surface area contributed by atoms with Crippen molar-refractivity contribution < 1.29 is 8.78 Å². The molecule has 0 aliphatic heterocycles. The van der Waals surface area contributed by atoms with Gasteiger partial charge in [-0.15, -0.1) is 0 Å². The lowest BCUT2D eigenvalue weighted by atomic mass is 10.1. The summed E-state index contributed by atoms with van der Waals surface area (Å²) in [5, 5.41) is 12.0. The van der Waals surface area contributed by atoms with Crippen LogP contribution in [0, 0.1) is 29.9 Å². The van der Waals surface area contributed by atoms with E-state index < -0.39 is 11.6 Å². The third kappa shape index (κ3) is 2.89. The summed E-state index contributed by atoms with van der Waals surface area (Å²) in [6, 6.07) is 10.9. The number of rotatable bonds is 3. The van der Waals surface area contributed by atoms with Crippen LogP contribution in [0.15, 0.2) is 36.4 Å². The van der Waals surface area contributed by atoms with Crippen LogP contribution in [0.5, 0.6) is 0 Å². The van der Waals surface area contributed by atoms with E-state index in [2.05, 4.69) is 11.4 Å². The van der Waals surface area contributed by atoms with Gasteiger partial charge in [-0.3, -0.25) is 0 Å². The van der Waals surface area contributed by atoms with Crippen molar-refractivity contribution in [3.63, 3.8) is 0 Å². The Hall–Kier alpha value is -2.41. The minimum absolute atomic E-state index is 0.200. The van der Waals surface area contributed by atoms with Gasteiger partial charge >= 0.3 is 0 Å². The number of nitrogens with zero attached hydrogens (tertiary/aromatic N) is 1. The van der Waals surface area contributed by atoms with E-state index in [4.69, 9.17) is 5.26 Å². The van der Waals surface area contributed by atoms with Crippen LogP contribution in [0.4, 0.5) is 14.5 Å². The second-order valence-electron chi connectivity index (χ2n) is 4.20. The van der Waals surface area contributed by atoms with Crippen molar-refractivity contribution in [2.24, 2.45) is 0 Å². The van der Waals surface area contributed by atoms with Crippen LogP contribution < -0.4 is 5.32 Å². The third-order valence-corrected chi connectivity index (χ3v) is 2.86. The van der Waals surface area contributed by atoms with E-state index in [9.17, 15) is 8.78 Å². The quantitative estimate of drug-likeness (QED) is 0.909. The Morgan fingerprint density at radius 1 is 1.21 bits per heavy atom. The van der Waals surface area contributed by atoms with E-state index in [1.54, 1.807) is 12.1 Å². The summed E-state index contributed by atoms with van der Waals surface area (Å²) in [5.41, 5.74) is 2.44. The van der Waals surface area contributed by atoms with Gasteiger partial charge in [-0.05, 0) is 24.6 Å². The first kappa shape index (κ1) is 13.0. The van der Waals surface area contributed by atoms with Gasteiger partial charge in [0.2, 0.25) is 0 Å². The summed E-state index contributed by atoms with van der Waals surface area (Å²) in [6.45, 7) is 2.07. The van der Waals surface area contributed by atoms with Crippen molar-refractivity contribution >= 4 is 5.69 Å². The molecule has 0 atom stereocenters. The van der Waals surface area contributed by atoms with E-state index in [0.29, 0.717) is 16.8 Å². The predicted molar refractivity (Wildman–Crippen MR) is 69.6 cm³/mol. The van der Waals surface area contributed by atoms with Gasteiger partial charge in [0.05, 0.1) is 11.3 Å². The Bertz CT molecular complexity index is 645. The van der Waals surface area contributed by atoms with Crippen molar-refractivity contribution in [3.05, 3.63) is 64.7 Å². The topological polar surface area (TPSA) is 35.8 Å². The molecular formula is C15H12F2N2. The Morgan fingerprint density at radius 3 is 2.68 bits per heavy atom. The monoisotopic (exact) mass is 258 g/mol. The first-order valence-electron chi connectivity index (χ1n) is 5.79. The third-order valence-electron chi connectivity index (χ3n) is 2.86. The van der Waals surface area contributed by atoms with Crippen LogP contribution in [0.2, 0.25) is 0 Å². The van der Waals surface area contributed by atoms with Gasteiger partial charge in [0.15, 0.2) is 0 Å². The summed E-state index contributed by atoms with van der Waals surface area (Å²) >= 11 is 0. The zero-order valence-electron chi connectivity index (χ0n) is 10.4. The van der Waals surface area contributed by atoms with E-state index in [0.717, 1.165) is 11.6 Å². The summed E-state index contributed by atoms with van der Waals surface area (Å²) in [6.07, 6.45) is 0. The fourth-order valence-electron chi connectivity index (χ4n) is 1.84. The average molecular weight is 258 g/mol.